The van der Waals surface area contributed by atoms with Crippen LogP contribution in [-0.4, -0.2) is 17.3 Å². The van der Waals surface area contributed by atoms with Crippen molar-refractivity contribution in [3.8, 4) is 5.75 Å². The topological polar surface area (TPSA) is 29.5 Å². The van der Waals surface area contributed by atoms with Crippen LogP contribution in [0.3, 0.4) is 0 Å². The minimum absolute atomic E-state index is 0.148. The molecule has 0 N–H and O–H groups in total. The number of thiocarbonyl (C=S) groups is 1. The summed E-state index contributed by atoms with van der Waals surface area (Å²) in [6.07, 6.45) is 1.81. The zero-order chi connectivity index (χ0) is 16.4. The lowest BCUT2D eigenvalue weighted by molar-refractivity contribution is -0.113. The first-order valence-electron chi connectivity index (χ1n) is 6.76. The molecule has 23 heavy (non-hydrogen) atoms. The third-order valence-corrected chi connectivity index (χ3v) is 4.79. The van der Waals surface area contributed by atoms with Crippen LogP contribution >= 0.6 is 35.6 Å². The fraction of sp³-hybridized carbons (Fsp3) is 0.0588. The number of methoxy groups -OCH3 is 1. The number of thioether (sulfide) groups is 1. The first kappa shape index (κ1) is 16.1. The SMILES string of the molecule is COc1cccc(/C=C2/SC(=S)N(c3cccc(Cl)c3)C2=O)c1. The molecule has 1 heterocycles. The lowest BCUT2D eigenvalue weighted by Gasteiger charge is -2.14. The van der Waals surface area contributed by atoms with Crippen molar-refractivity contribution in [3.05, 3.63) is 64.0 Å². The number of amides is 1. The quantitative estimate of drug-likeness (QED) is 0.582. The molecule has 3 nitrogen and oxygen atoms in total. The summed E-state index contributed by atoms with van der Waals surface area (Å²) < 4.78 is 5.69. The van der Waals surface area contributed by atoms with E-state index in [0.717, 1.165) is 11.3 Å². The Kier molecular flexibility index (Phi) is 4.71. The zero-order valence-electron chi connectivity index (χ0n) is 12.2. The van der Waals surface area contributed by atoms with Crippen LogP contribution in [0.5, 0.6) is 5.75 Å². The number of rotatable bonds is 3. The average molecular weight is 362 g/mol. The van der Waals surface area contributed by atoms with E-state index >= 15 is 0 Å². The second kappa shape index (κ2) is 6.74. The van der Waals surface area contributed by atoms with Gasteiger partial charge in [0.15, 0.2) is 4.32 Å². The number of benzene rings is 2. The molecular weight excluding hydrogens is 350 g/mol. The second-order valence-corrected chi connectivity index (χ2v) is 6.89. The maximum Gasteiger partial charge on any atom is 0.270 e. The van der Waals surface area contributed by atoms with E-state index in [1.165, 1.54) is 16.7 Å². The van der Waals surface area contributed by atoms with Gasteiger partial charge in [-0.3, -0.25) is 9.69 Å². The maximum absolute atomic E-state index is 12.7. The van der Waals surface area contributed by atoms with E-state index in [9.17, 15) is 4.79 Å². The fourth-order valence-corrected chi connectivity index (χ4v) is 3.67. The maximum atomic E-state index is 12.7. The normalized spacial score (nSPS) is 16.3. The molecule has 0 unspecified atom stereocenters. The molecule has 1 amide bonds. The Bertz CT molecular complexity index is 820. The van der Waals surface area contributed by atoms with Gasteiger partial charge in [0.05, 0.1) is 17.7 Å². The minimum Gasteiger partial charge on any atom is -0.497 e. The molecule has 0 radical (unpaired) electrons. The first-order chi connectivity index (χ1) is 11.1. The number of ether oxygens (including phenoxy) is 1. The highest BCUT2D eigenvalue weighted by molar-refractivity contribution is 8.27. The van der Waals surface area contributed by atoms with E-state index in [4.69, 9.17) is 28.6 Å². The average Bonchev–Trinajstić information content (AvgIpc) is 2.81. The second-order valence-electron chi connectivity index (χ2n) is 4.77. The summed E-state index contributed by atoms with van der Waals surface area (Å²) in [6, 6.07) is 14.6. The number of carbonyl (C=O) groups excluding carboxylic acids is 1. The fourth-order valence-electron chi connectivity index (χ4n) is 2.19. The van der Waals surface area contributed by atoms with Gasteiger partial charge in [0, 0.05) is 5.02 Å². The van der Waals surface area contributed by atoms with Crippen LogP contribution in [0.1, 0.15) is 5.56 Å². The number of carbonyl (C=O) groups is 1. The Morgan fingerprint density at radius 1 is 1.22 bits per heavy atom. The van der Waals surface area contributed by atoms with Crippen LogP contribution in [0.4, 0.5) is 5.69 Å². The van der Waals surface area contributed by atoms with Gasteiger partial charge in [0.25, 0.3) is 5.91 Å². The lowest BCUT2D eigenvalue weighted by Crippen LogP contribution is -2.27. The molecule has 0 saturated carbocycles. The summed E-state index contributed by atoms with van der Waals surface area (Å²) in [7, 11) is 1.61. The molecule has 1 fully saturated rings. The molecule has 0 spiro atoms. The largest absolute Gasteiger partial charge is 0.497 e. The molecule has 1 aliphatic rings. The van der Waals surface area contributed by atoms with E-state index in [1.807, 2.05) is 36.4 Å². The van der Waals surface area contributed by atoms with Crippen LogP contribution in [0.2, 0.25) is 5.02 Å². The van der Waals surface area contributed by atoms with E-state index < -0.39 is 0 Å². The molecule has 1 aliphatic heterocycles. The molecule has 6 heteroatoms. The van der Waals surface area contributed by atoms with Crippen LogP contribution in [-0.2, 0) is 4.79 Å². The van der Waals surface area contributed by atoms with Crippen LogP contribution in [0, 0.1) is 0 Å². The summed E-state index contributed by atoms with van der Waals surface area (Å²) in [5.74, 6) is 0.592. The van der Waals surface area contributed by atoms with Gasteiger partial charge in [-0.2, -0.15) is 0 Å². The molecule has 2 aromatic carbocycles. The van der Waals surface area contributed by atoms with Crippen molar-refractivity contribution in [1.82, 2.24) is 0 Å². The monoisotopic (exact) mass is 361 g/mol. The highest BCUT2D eigenvalue weighted by atomic mass is 35.5. The van der Waals surface area contributed by atoms with E-state index in [2.05, 4.69) is 0 Å². The highest BCUT2D eigenvalue weighted by Crippen LogP contribution is 2.36. The van der Waals surface area contributed by atoms with Crippen LogP contribution in [0.25, 0.3) is 6.08 Å². The molecular formula is C17H12ClNO2S2. The minimum atomic E-state index is -0.148. The molecule has 0 bridgehead atoms. The van der Waals surface area contributed by atoms with Gasteiger partial charge in [-0.05, 0) is 42.0 Å². The Morgan fingerprint density at radius 2 is 2.00 bits per heavy atom. The van der Waals surface area contributed by atoms with Gasteiger partial charge in [-0.1, -0.05) is 53.8 Å². The van der Waals surface area contributed by atoms with Crippen molar-refractivity contribution in [1.29, 1.82) is 0 Å². The number of anilines is 1. The molecule has 1 saturated heterocycles. The van der Waals surface area contributed by atoms with Crippen molar-refractivity contribution in [2.75, 3.05) is 12.0 Å². The predicted molar refractivity (Wildman–Crippen MR) is 100 cm³/mol. The number of hydrogen-bond donors (Lipinski definition) is 0. The first-order valence-corrected chi connectivity index (χ1v) is 8.36. The van der Waals surface area contributed by atoms with Gasteiger partial charge in [-0.15, -0.1) is 0 Å². The number of nitrogens with zero attached hydrogens (tertiary/aromatic N) is 1. The van der Waals surface area contributed by atoms with Crippen LogP contribution in [0.15, 0.2) is 53.4 Å². The van der Waals surface area contributed by atoms with Gasteiger partial charge < -0.3 is 4.74 Å². The summed E-state index contributed by atoms with van der Waals surface area (Å²) in [5, 5.41) is 0.563. The standard InChI is InChI=1S/C17H12ClNO2S2/c1-21-14-7-2-4-11(8-14)9-15-16(20)19(17(22)23-15)13-6-3-5-12(18)10-13/h2-10H,1H3/b15-9+. The van der Waals surface area contributed by atoms with Gasteiger partial charge >= 0.3 is 0 Å². The molecule has 0 aliphatic carbocycles. The number of hydrogen-bond acceptors (Lipinski definition) is 4. The summed E-state index contributed by atoms with van der Waals surface area (Å²) >= 11 is 12.6. The van der Waals surface area contributed by atoms with E-state index in [-0.39, 0.29) is 5.91 Å². The molecule has 0 atom stereocenters. The van der Waals surface area contributed by atoms with Crippen molar-refractivity contribution in [2.24, 2.45) is 0 Å². The molecule has 3 rings (SSSR count). The van der Waals surface area contributed by atoms with Gasteiger partial charge in [0.1, 0.15) is 5.75 Å². The number of halogens is 1. The lowest BCUT2D eigenvalue weighted by atomic mass is 10.2. The Morgan fingerprint density at radius 3 is 2.74 bits per heavy atom. The Hall–Kier alpha value is -1.82. The van der Waals surface area contributed by atoms with E-state index in [1.54, 1.807) is 25.3 Å². The van der Waals surface area contributed by atoms with Crippen LogP contribution < -0.4 is 9.64 Å². The van der Waals surface area contributed by atoms with Crippen molar-refractivity contribution in [3.63, 3.8) is 0 Å². The van der Waals surface area contributed by atoms with Crippen molar-refractivity contribution >= 4 is 57.6 Å². The van der Waals surface area contributed by atoms with E-state index in [0.29, 0.717) is 19.9 Å². The Balaban J connectivity index is 1.93. The van der Waals surface area contributed by atoms with Gasteiger partial charge in [-0.25, -0.2) is 0 Å². The zero-order valence-corrected chi connectivity index (χ0v) is 14.5. The smallest absolute Gasteiger partial charge is 0.270 e. The predicted octanol–water partition coefficient (Wildman–Crippen LogP) is 4.75. The molecule has 0 aromatic heterocycles. The van der Waals surface area contributed by atoms with Gasteiger partial charge in [0.2, 0.25) is 0 Å². The van der Waals surface area contributed by atoms with Crippen molar-refractivity contribution < 1.29 is 9.53 Å². The third kappa shape index (κ3) is 3.42. The Labute approximate surface area is 148 Å². The third-order valence-electron chi connectivity index (χ3n) is 3.25. The summed E-state index contributed by atoms with van der Waals surface area (Å²) in [5.41, 5.74) is 1.56. The highest BCUT2D eigenvalue weighted by Gasteiger charge is 2.33. The molecule has 2 aromatic rings. The summed E-state index contributed by atoms with van der Waals surface area (Å²) in [4.78, 5) is 14.7. The van der Waals surface area contributed by atoms with Crippen molar-refractivity contribution in [2.45, 2.75) is 0 Å². The molecule has 116 valence electrons. The summed E-state index contributed by atoms with van der Waals surface area (Å²) in [6.45, 7) is 0.